The average molecular weight is 210 g/mol. The molecular formula is C10H14N2O3. The van der Waals surface area contributed by atoms with E-state index < -0.39 is 5.41 Å². The number of H-pyrrole nitrogens is 1. The Labute approximate surface area is 87.8 Å². The summed E-state index contributed by atoms with van der Waals surface area (Å²) in [5.74, 6) is 0.679. The van der Waals surface area contributed by atoms with Crippen molar-refractivity contribution in [3.63, 3.8) is 0 Å². The van der Waals surface area contributed by atoms with Gasteiger partial charge in [0.2, 0.25) is 0 Å². The van der Waals surface area contributed by atoms with Gasteiger partial charge in [-0.25, -0.2) is 0 Å². The first-order valence-corrected chi connectivity index (χ1v) is 4.80. The van der Waals surface area contributed by atoms with E-state index in [0.29, 0.717) is 19.8 Å². The van der Waals surface area contributed by atoms with Crippen LogP contribution in [0.2, 0.25) is 0 Å². The third-order valence-corrected chi connectivity index (χ3v) is 2.59. The Morgan fingerprint density at radius 1 is 1.73 bits per heavy atom. The third-order valence-electron chi connectivity index (χ3n) is 2.59. The molecule has 0 amide bonds. The molecule has 2 heterocycles. The number of nitrogens with one attached hydrogen (secondary N) is 2. The Morgan fingerprint density at radius 3 is 3.00 bits per heavy atom. The predicted molar refractivity (Wildman–Crippen MR) is 54.6 cm³/mol. The summed E-state index contributed by atoms with van der Waals surface area (Å²) in [5, 5.41) is 3.15. The number of hydrogen-bond acceptors (Lipinski definition) is 4. The van der Waals surface area contributed by atoms with E-state index in [9.17, 15) is 4.79 Å². The molecule has 0 unspecified atom stereocenters. The van der Waals surface area contributed by atoms with Crippen LogP contribution >= 0.6 is 0 Å². The summed E-state index contributed by atoms with van der Waals surface area (Å²) < 4.78 is 9.84. The summed E-state index contributed by atoms with van der Waals surface area (Å²) >= 11 is 0. The summed E-state index contributed by atoms with van der Waals surface area (Å²) in [4.78, 5) is 14.5. The fourth-order valence-corrected chi connectivity index (χ4v) is 1.56. The molecule has 1 aromatic heterocycles. The molecule has 0 aromatic carbocycles. The third kappa shape index (κ3) is 1.83. The van der Waals surface area contributed by atoms with Crippen LogP contribution < -0.4 is 5.32 Å². The molecule has 1 saturated heterocycles. The maximum absolute atomic E-state index is 11.5. The summed E-state index contributed by atoms with van der Waals surface area (Å²) in [5.41, 5.74) is -0.514. The molecule has 5 heteroatoms. The predicted octanol–water partition coefficient (Wildman–Crippen LogP) is 0.616. The lowest BCUT2D eigenvalue weighted by Gasteiger charge is -2.38. The van der Waals surface area contributed by atoms with Gasteiger partial charge in [-0.05, 0) is 12.1 Å². The molecule has 1 aliphatic heterocycles. The van der Waals surface area contributed by atoms with Gasteiger partial charge in [0.15, 0.2) is 0 Å². The minimum Gasteiger partial charge on any atom is -0.468 e. The Balaban J connectivity index is 1.94. The van der Waals surface area contributed by atoms with Crippen LogP contribution in [0.5, 0.6) is 0 Å². The number of carbonyl (C=O) groups is 1. The Hall–Kier alpha value is -1.49. The fraction of sp³-hybridized carbons (Fsp3) is 0.500. The zero-order valence-electron chi connectivity index (χ0n) is 8.58. The van der Waals surface area contributed by atoms with Gasteiger partial charge >= 0.3 is 5.97 Å². The fourth-order valence-electron chi connectivity index (χ4n) is 1.56. The zero-order valence-corrected chi connectivity index (χ0v) is 8.58. The minimum atomic E-state index is -0.514. The van der Waals surface area contributed by atoms with Gasteiger partial charge in [-0.15, -0.1) is 0 Å². The normalized spacial score (nSPS) is 17.9. The van der Waals surface area contributed by atoms with Crippen molar-refractivity contribution in [1.82, 2.24) is 4.98 Å². The topological polar surface area (TPSA) is 63.3 Å². The number of esters is 1. The first-order chi connectivity index (χ1) is 7.27. The second-order valence-corrected chi connectivity index (χ2v) is 3.70. The lowest BCUT2D eigenvalue weighted by atomic mass is 9.86. The van der Waals surface area contributed by atoms with E-state index >= 15 is 0 Å². The quantitative estimate of drug-likeness (QED) is 0.715. The molecule has 0 aliphatic carbocycles. The second-order valence-electron chi connectivity index (χ2n) is 3.70. The van der Waals surface area contributed by atoms with Crippen LogP contribution in [0.1, 0.15) is 0 Å². The van der Waals surface area contributed by atoms with Gasteiger partial charge in [-0.2, -0.15) is 0 Å². The van der Waals surface area contributed by atoms with Crippen LogP contribution in [0, 0.1) is 5.41 Å². The van der Waals surface area contributed by atoms with Gasteiger partial charge in [0.25, 0.3) is 0 Å². The largest absolute Gasteiger partial charge is 0.468 e. The Bertz CT molecular complexity index is 330. The van der Waals surface area contributed by atoms with Crippen LogP contribution in [0.15, 0.2) is 18.3 Å². The second kappa shape index (κ2) is 3.94. The molecule has 5 nitrogen and oxygen atoms in total. The molecule has 15 heavy (non-hydrogen) atoms. The number of aromatic amines is 1. The monoisotopic (exact) mass is 210 g/mol. The highest BCUT2D eigenvalue weighted by Crippen LogP contribution is 2.29. The molecule has 0 spiro atoms. The molecule has 1 aliphatic rings. The molecule has 0 radical (unpaired) electrons. The van der Waals surface area contributed by atoms with Crippen LogP contribution in [-0.2, 0) is 14.3 Å². The van der Waals surface area contributed by atoms with Crippen molar-refractivity contribution < 1.29 is 14.3 Å². The Kier molecular flexibility index (Phi) is 2.64. The van der Waals surface area contributed by atoms with Crippen molar-refractivity contribution in [1.29, 1.82) is 0 Å². The number of rotatable bonds is 4. The number of aromatic nitrogens is 1. The van der Waals surface area contributed by atoms with Gasteiger partial charge in [0.1, 0.15) is 11.2 Å². The van der Waals surface area contributed by atoms with Gasteiger partial charge in [0.05, 0.1) is 20.3 Å². The maximum Gasteiger partial charge on any atom is 0.318 e. The smallest absolute Gasteiger partial charge is 0.318 e. The average Bonchev–Trinajstić information content (AvgIpc) is 2.68. The highest BCUT2D eigenvalue weighted by Gasteiger charge is 2.47. The van der Waals surface area contributed by atoms with Crippen molar-refractivity contribution >= 4 is 11.8 Å². The van der Waals surface area contributed by atoms with Crippen molar-refractivity contribution in [3.8, 4) is 0 Å². The number of anilines is 1. The van der Waals surface area contributed by atoms with Crippen molar-refractivity contribution in [3.05, 3.63) is 18.3 Å². The highest BCUT2D eigenvalue weighted by atomic mass is 16.5. The molecule has 2 rings (SSSR count). The summed E-state index contributed by atoms with van der Waals surface area (Å²) in [7, 11) is 1.40. The zero-order chi connectivity index (χ0) is 10.7. The molecule has 2 N–H and O–H groups in total. The molecule has 0 saturated carbocycles. The molecule has 82 valence electrons. The van der Waals surface area contributed by atoms with Gasteiger partial charge < -0.3 is 19.8 Å². The first-order valence-electron chi connectivity index (χ1n) is 4.80. The summed E-state index contributed by atoms with van der Waals surface area (Å²) in [6.07, 6.45) is 1.82. The van der Waals surface area contributed by atoms with E-state index in [1.807, 2.05) is 18.3 Å². The highest BCUT2D eigenvalue weighted by molar-refractivity contribution is 5.78. The number of carbonyl (C=O) groups excluding carboxylic acids is 1. The van der Waals surface area contributed by atoms with Crippen molar-refractivity contribution in [2.75, 3.05) is 32.2 Å². The van der Waals surface area contributed by atoms with Crippen molar-refractivity contribution in [2.45, 2.75) is 0 Å². The maximum atomic E-state index is 11.5. The SMILES string of the molecule is COC(=O)C1(CNc2ccc[nH]2)COC1. The van der Waals surface area contributed by atoms with Crippen LogP contribution in [0.25, 0.3) is 0 Å². The van der Waals surface area contributed by atoms with Crippen LogP contribution in [0.4, 0.5) is 5.82 Å². The van der Waals surface area contributed by atoms with E-state index in [1.165, 1.54) is 7.11 Å². The van der Waals surface area contributed by atoms with Gasteiger partial charge in [0, 0.05) is 12.7 Å². The van der Waals surface area contributed by atoms with Crippen LogP contribution in [-0.4, -0.2) is 37.8 Å². The summed E-state index contributed by atoms with van der Waals surface area (Å²) in [6.45, 7) is 1.38. The van der Waals surface area contributed by atoms with Gasteiger partial charge in [-0.1, -0.05) is 0 Å². The van der Waals surface area contributed by atoms with Crippen LogP contribution in [0.3, 0.4) is 0 Å². The van der Waals surface area contributed by atoms with E-state index in [-0.39, 0.29) is 5.97 Å². The lowest BCUT2D eigenvalue weighted by Crippen LogP contribution is -2.54. The van der Waals surface area contributed by atoms with Crippen molar-refractivity contribution in [2.24, 2.45) is 5.41 Å². The molecule has 0 bridgehead atoms. The lowest BCUT2D eigenvalue weighted by molar-refractivity contribution is -0.180. The van der Waals surface area contributed by atoms with E-state index in [1.54, 1.807) is 0 Å². The molecular weight excluding hydrogens is 196 g/mol. The van der Waals surface area contributed by atoms with E-state index in [4.69, 9.17) is 9.47 Å². The number of ether oxygens (including phenoxy) is 2. The standard InChI is InChI=1S/C10H14N2O3/c1-14-9(13)10(6-15-7-10)5-12-8-3-2-4-11-8/h2-4,11-12H,5-7H2,1H3. The first kappa shape index (κ1) is 10.0. The number of methoxy groups -OCH3 is 1. The van der Waals surface area contributed by atoms with E-state index in [2.05, 4.69) is 10.3 Å². The molecule has 0 atom stereocenters. The van der Waals surface area contributed by atoms with Gasteiger partial charge in [-0.3, -0.25) is 4.79 Å². The Morgan fingerprint density at radius 2 is 2.53 bits per heavy atom. The summed E-state index contributed by atoms with van der Waals surface area (Å²) in [6, 6.07) is 3.80. The molecule has 1 aromatic rings. The molecule has 1 fully saturated rings. The minimum absolute atomic E-state index is 0.215. The number of hydrogen-bond donors (Lipinski definition) is 2. The van der Waals surface area contributed by atoms with E-state index in [0.717, 1.165) is 5.82 Å².